The maximum Gasteiger partial charge on any atom is 0.0724 e. The van der Waals surface area contributed by atoms with Gasteiger partial charge in [0.1, 0.15) is 0 Å². The zero-order valence-electron chi connectivity index (χ0n) is 15.2. The van der Waals surface area contributed by atoms with E-state index in [2.05, 4.69) is 45.1 Å². The van der Waals surface area contributed by atoms with Gasteiger partial charge in [0.2, 0.25) is 0 Å². The smallest absolute Gasteiger partial charge is 0.0724 e. The molecule has 0 amide bonds. The molecule has 0 radical (unpaired) electrons. The fourth-order valence-corrected chi connectivity index (χ4v) is 3.25. The number of allylic oxidation sites excluding steroid dienone is 4. The number of rotatable bonds is 10. The second kappa shape index (κ2) is 11.6. The second-order valence-electron chi connectivity index (χ2n) is 7.14. The van der Waals surface area contributed by atoms with Gasteiger partial charge in [0.25, 0.3) is 0 Å². The SMILES string of the molecule is CCCCC=CC[C@H]1CCC(O)[C@@H]1C=CC(O)CCC=C(C)C. The highest BCUT2D eigenvalue weighted by molar-refractivity contribution is 5.04. The monoisotopic (exact) mass is 320 g/mol. The van der Waals surface area contributed by atoms with Gasteiger partial charge in [-0.15, -0.1) is 0 Å². The lowest BCUT2D eigenvalue weighted by atomic mass is 9.90. The highest BCUT2D eigenvalue weighted by atomic mass is 16.3. The Labute approximate surface area is 143 Å². The summed E-state index contributed by atoms with van der Waals surface area (Å²) in [6, 6.07) is 0. The highest BCUT2D eigenvalue weighted by Crippen LogP contribution is 2.36. The molecule has 2 heteroatoms. The summed E-state index contributed by atoms with van der Waals surface area (Å²) in [5, 5.41) is 20.3. The first-order valence-corrected chi connectivity index (χ1v) is 9.37. The van der Waals surface area contributed by atoms with E-state index in [1.165, 1.54) is 18.4 Å². The Bertz CT molecular complexity index is 391. The summed E-state index contributed by atoms with van der Waals surface area (Å²) in [4.78, 5) is 0. The van der Waals surface area contributed by atoms with Gasteiger partial charge in [-0.25, -0.2) is 0 Å². The van der Waals surface area contributed by atoms with E-state index in [0.29, 0.717) is 5.92 Å². The van der Waals surface area contributed by atoms with Gasteiger partial charge in [-0.05, 0) is 58.3 Å². The summed E-state index contributed by atoms with van der Waals surface area (Å²) in [5.41, 5.74) is 1.29. The van der Waals surface area contributed by atoms with Gasteiger partial charge in [-0.1, -0.05) is 55.7 Å². The van der Waals surface area contributed by atoms with Crippen molar-refractivity contribution in [3.05, 3.63) is 36.0 Å². The minimum atomic E-state index is -0.404. The van der Waals surface area contributed by atoms with Crippen LogP contribution >= 0.6 is 0 Å². The zero-order chi connectivity index (χ0) is 17.1. The number of aliphatic hydroxyl groups is 2. The highest BCUT2D eigenvalue weighted by Gasteiger charge is 2.32. The third-order valence-electron chi connectivity index (χ3n) is 4.72. The molecule has 2 N–H and O–H groups in total. The van der Waals surface area contributed by atoms with Crippen LogP contribution in [-0.2, 0) is 0 Å². The van der Waals surface area contributed by atoms with Crippen molar-refractivity contribution in [3.8, 4) is 0 Å². The Morgan fingerprint density at radius 2 is 1.96 bits per heavy atom. The molecule has 0 aromatic rings. The molecule has 2 nitrogen and oxygen atoms in total. The Balaban J connectivity index is 2.42. The molecule has 1 aliphatic carbocycles. The fourth-order valence-electron chi connectivity index (χ4n) is 3.25. The fraction of sp³-hybridized carbons (Fsp3) is 0.714. The van der Waals surface area contributed by atoms with Crippen molar-refractivity contribution < 1.29 is 10.2 Å². The second-order valence-corrected chi connectivity index (χ2v) is 7.14. The lowest BCUT2D eigenvalue weighted by Gasteiger charge is -2.18. The largest absolute Gasteiger partial charge is 0.393 e. The molecule has 132 valence electrons. The molecule has 0 aromatic heterocycles. The van der Waals surface area contributed by atoms with Crippen LogP contribution in [0.5, 0.6) is 0 Å². The van der Waals surface area contributed by atoms with Gasteiger partial charge in [0.15, 0.2) is 0 Å². The van der Waals surface area contributed by atoms with Crippen LogP contribution in [0, 0.1) is 11.8 Å². The molecular formula is C21H36O2. The summed E-state index contributed by atoms with van der Waals surface area (Å²) in [6.45, 7) is 6.37. The van der Waals surface area contributed by atoms with E-state index < -0.39 is 6.10 Å². The van der Waals surface area contributed by atoms with E-state index >= 15 is 0 Å². The maximum atomic E-state index is 10.2. The standard InChI is InChI=1S/C21H36O2/c1-4-5-6-7-8-11-18-13-16-21(23)20(18)15-14-19(22)12-9-10-17(2)3/h7-8,10,14-15,18-23H,4-6,9,11-13,16H2,1-3H3/t18-,19?,20+,21?/m0/s1. The Morgan fingerprint density at radius 3 is 2.65 bits per heavy atom. The molecule has 0 heterocycles. The predicted molar refractivity (Wildman–Crippen MR) is 99.3 cm³/mol. The van der Waals surface area contributed by atoms with Crippen molar-refractivity contribution in [2.45, 2.75) is 84.3 Å². The van der Waals surface area contributed by atoms with E-state index in [1.807, 2.05) is 6.08 Å². The first-order chi connectivity index (χ1) is 11.0. The van der Waals surface area contributed by atoms with E-state index in [9.17, 15) is 10.2 Å². The van der Waals surface area contributed by atoms with Crippen LogP contribution in [0.4, 0.5) is 0 Å². The molecule has 0 bridgehead atoms. The molecule has 0 saturated heterocycles. The summed E-state index contributed by atoms with van der Waals surface area (Å²) in [5.74, 6) is 0.716. The van der Waals surface area contributed by atoms with Crippen molar-refractivity contribution in [2.75, 3.05) is 0 Å². The number of aliphatic hydroxyl groups excluding tert-OH is 2. The molecule has 0 spiro atoms. The Hall–Kier alpha value is -0.860. The van der Waals surface area contributed by atoms with Crippen LogP contribution in [-0.4, -0.2) is 22.4 Å². The normalized spacial score (nSPS) is 26.2. The average molecular weight is 321 g/mol. The molecule has 1 rings (SSSR count). The third kappa shape index (κ3) is 8.53. The molecule has 0 aliphatic heterocycles. The van der Waals surface area contributed by atoms with E-state index in [1.54, 1.807) is 0 Å². The van der Waals surface area contributed by atoms with Crippen LogP contribution in [0.15, 0.2) is 36.0 Å². The molecule has 1 fully saturated rings. The number of hydrogen-bond donors (Lipinski definition) is 2. The van der Waals surface area contributed by atoms with Crippen molar-refractivity contribution in [2.24, 2.45) is 11.8 Å². The minimum Gasteiger partial charge on any atom is -0.393 e. The van der Waals surface area contributed by atoms with Crippen molar-refractivity contribution >= 4 is 0 Å². The van der Waals surface area contributed by atoms with Crippen molar-refractivity contribution in [3.63, 3.8) is 0 Å². The molecule has 4 atom stereocenters. The minimum absolute atomic E-state index is 0.198. The van der Waals surface area contributed by atoms with Crippen LogP contribution in [0.1, 0.15) is 72.1 Å². The van der Waals surface area contributed by atoms with Crippen LogP contribution in [0.2, 0.25) is 0 Å². The summed E-state index contributed by atoms with van der Waals surface area (Å²) in [6.07, 6.45) is 18.4. The van der Waals surface area contributed by atoms with Crippen LogP contribution in [0.3, 0.4) is 0 Å². The third-order valence-corrected chi connectivity index (χ3v) is 4.72. The van der Waals surface area contributed by atoms with Crippen LogP contribution in [0.25, 0.3) is 0 Å². The van der Waals surface area contributed by atoms with Gasteiger partial charge in [0, 0.05) is 5.92 Å². The molecule has 1 saturated carbocycles. The topological polar surface area (TPSA) is 40.5 Å². The summed E-state index contributed by atoms with van der Waals surface area (Å²) >= 11 is 0. The average Bonchev–Trinajstić information content (AvgIpc) is 2.85. The zero-order valence-corrected chi connectivity index (χ0v) is 15.2. The number of hydrogen-bond acceptors (Lipinski definition) is 2. The van der Waals surface area contributed by atoms with Crippen molar-refractivity contribution in [1.29, 1.82) is 0 Å². The summed E-state index contributed by atoms with van der Waals surface area (Å²) in [7, 11) is 0. The van der Waals surface area contributed by atoms with Crippen molar-refractivity contribution in [1.82, 2.24) is 0 Å². The first kappa shape index (κ1) is 20.2. The molecule has 0 aromatic carbocycles. The summed E-state index contributed by atoms with van der Waals surface area (Å²) < 4.78 is 0. The molecule has 23 heavy (non-hydrogen) atoms. The Morgan fingerprint density at radius 1 is 1.17 bits per heavy atom. The number of unbranched alkanes of at least 4 members (excludes halogenated alkanes) is 2. The van der Waals surface area contributed by atoms with Gasteiger partial charge < -0.3 is 10.2 Å². The maximum absolute atomic E-state index is 10.2. The predicted octanol–water partition coefficient (Wildman–Crippen LogP) is 5.17. The van der Waals surface area contributed by atoms with Gasteiger partial charge in [-0.3, -0.25) is 0 Å². The lowest BCUT2D eigenvalue weighted by Crippen LogP contribution is -2.17. The Kier molecular flexibility index (Phi) is 10.2. The molecule has 2 unspecified atom stereocenters. The molecule has 1 aliphatic rings. The van der Waals surface area contributed by atoms with E-state index in [-0.39, 0.29) is 12.0 Å². The van der Waals surface area contributed by atoms with Gasteiger partial charge in [-0.2, -0.15) is 0 Å². The lowest BCUT2D eigenvalue weighted by molar-refractivity contribution is 0.140. The van der Waals surface area contributed by atoms with Gasteiger partial charge >= 0.3 is 0 Å². The first-order valence-electron chi connectivity index (χ1n) is 9.37. The quantitative estimate of drug-likeness (QED) is 0.430. The molecular weight excluding hydrogens is 284 g/mol. The van der Waals surface area contributed by atoms with Crippen LogP contribution < -0.4 is 0 Å². The van der Waals surface area contributed by atoms with Gasteiger partial charge in [0.05, 0.1) is 12.2 Å². The van der Waals surface area contributed by atoms with E-state index in [0.717, 1.165) is 38.5 Å². The van der Waals surface area contributed by atoms with E-state index in [4.69, 9.17) is 0 Å².